The molecule has 3 aromatic rings. The van der Waals surface area contributed by atoms with Crippen molar-refractivity contribution in [2.24, 2.45) is 5.10 Å². The minimum atomic E-state index is -0.399. The number of amides is 1. The molecule has 27 heavy (non-hydrogen) atoms. The molecule has 136 valence electrons. The van der Waals surface area contributed by atoms with Crippen molar-refractivity contribution in [2.75, 3.05) is 0 Å². The number of nitrogens with one attached hydrogen (secondary N) is 1. The fraction of sp³-hybridized carbons (Fsp3) is 0.0476. The van der Waals surface area contributed by atoms with Crippen LogP contribution in [0.15, 0.2) is 77.9 Å². The van der Waals surface area contributed by atoms with Gasteiger partial charge in [-0.15, -0.1) is 0 Å². The first kappa shape index (κ1) is 19.0. The molecule has 0 bridgehead atoms. The van der Waals surface area contributed by atoms with Gasteiger partial charge in [0.25, 0.3) is 5.91 Å². The molecule has 3 aromatic carbocycles. The Morgan fingerprint density at radius 2 is 1.67 bits per heavy atom. The maximum atomic E-state index is 12.9. The molecule has 1 amide bonds. The Hall–Kier alpha value is -2.74. The number of nitrogens with zero attached hydrogens (tertiary/aromatic N) is 1. The second-order valence-electron chi connectivity index (χ2n) is 5.69. The van der Waals surface area contributed by atoms with Gasteiger partial charge >= 0.3 is 0 Å². The van der Waals surface area contributed by atoms with Gasteiger partial charge in [-0.3, -0.25) is 4.79 Å². The number of hydrogen-bond acceptors (Lipinski definition) is 3. The average Bonchev–Trinajstić information content (AvgIpc) is 2.69. The zero-order valence-corrected chi connectivity index (χ0v) is 16.4. The lowest BCUT2D eigenvalue weighted by atomic mass is 10.2. The second kappa shape index (κ2) is 9.27. The van der Waals surface area contributed by atoms with Crippen LogP contribution >= 0.6 is 22.6 Å². The SMILES string of the molecule is O=C(N/N=C\c1ccc(OCc2ccc(I)cc2)cc1)c1ccc(F)cc1. The Balaban J connectivity index is 1.50. The Morgan fingerprint density at radius 3 is 2.33 bits per heavy atom. The summed E-state index contributed by atoms with van der Waals surface area (Å²) in [5.74, 6) is -0.0378. The fourth-order valence-corrected chi connectivity index (χ4v) is 2.59. The molecular formula is C21H16FIN2O2. The van der Waals surface area contributed by atoms with E-state index in [1.54, 1.807) is 0 Å². The molecule has 0 saturated carbocycles. The summed E-state index contributed by atoms with van der Waals surface area (Å²) in [6.07, 6.45) is 1.53. The molecule has 0 spiro atoms. The second-order valence-corrected chi connectivity index (χ2v) is 6.94. The van der Waals surface area contributed by atoms with Crippen molar-refractivity contribution in [2.45, 2.75) is 6.61 Å². The van der Waals surface area contributed by atoms with Crippen molar-refractivity contribution in [3.05, 3.63) is 98.9 Å². The highest BCUT2D eigenvalue weighted by atomic mass is 127. The monoisotopic (exact) mass is 474 g/mol. The Morgan fingerprint density at radius 1 is 1.00 bits per heavy atom. The third-order valence-electron chi connectivity index (χ3n) is 3.68. The van der Waals surface area contributed by atoms with Crippen LogP contribution in [0.1, 0.15) is 21.5 Å². The highest BCUT2D eigenvalue weighted by molar-refractivity contribution is 14.1. The van der Waals surface area contributed by atoms with E-state index in [-0.39, 0.29) is 5.82 Å². The van der Waals surface area contributed by atoms with Gasteiger partial charge in [-0.05, 0) is 94.4 Å². The summed E-state index contributed by atoms with van der Waals surface area (Å²) in [7, 11) is 0. The predicted octanol–water partition coefficient (Wildman–Crippen LogP) is 4.77. The lowest BCUT2D eigenvalue weighted by Crippen LogP contribution is -2.17. The first-order valence-electron chi connectivity index (χ1n) is 8.16. The van der Waals surface area contributed by atoms with E-state index in [1.165, 1.54) is 34.1 Å². The molecule has 0 aliphatic carbocycles. The van der Waals surface area contributed by atoms with Gasteiger partial charge in [0.15, 0.2) is 0 Å². The van der Waals surface area contributed by atoms with Gasteiger partial charge < -0.3 is 4.74 Å². The maximum absolute atomic E-state index is 12.9. The summed E-state index contributed by atoms with van der Waals surface area (Å²) in [6, 6.07) is 20.8. The number of carbonyl (C=O) groups is 1. The summed E-state index contributed by atoms with van der Waals surface area (Å²) >= 11 is 2.26. The van der Waals surface area contributed by atoms with E-state index < -0.39 is 5.91 Å². The number of rotatable bonds is 6. The van der Waals surface area contributed by atoms with Gasteiger partial charge in [0, 0.05) is 9.13 Å². The Kier molecular flexibility index (Phi) is 6.54. The Labute approximate surface area is 170 Å². The zero-order valence-electron chi connectivity index (χ0n) is 14.2. The molecule has 0 heterocycles. The van der Waals surface area contributed by atoms with Crippen LogP contribution in [0.2, 0.25) is 0 Å². The molecule has 0 aliphatic heterocycles. The summed E-state index contributed by atoms with van der Waals surface area (Å²) in [5, 5.41) is 3.91. The van der Waals surface area contributed by atoms with Crippen LogP contribution < -0.4 is 10.2 Å². The quantitative estimate of drug-likeness (QED) is 0.318. The molecule has 3 rings (SSSR count). The lowest BCUT2D eigenvalue weighted by Gasteiger charge is -2.06. The summed E-state index contributed by atoms with van der Waals surface area (Å²) in [6.45, 7) is 0.498. The van der Waals surface area contributed by atoms with E-state index in [1.807, 2.05) is 48.5 Å². The van der Waals surface area contributed by atoms with Gasteiger partial charge in [0.2, 0.25) is 0 Å². The molecule has 0 aromatic heterocycles. The van der Waals surface area contributed by atoms with Crippen molar-refractivity contribution in [3.63, 3.8) is 0 Å². The van der Waals surface area contributed by atoms with Crippen molar-refractivity contribution in [1.82, 2.24) is 5.43 Å². The van der Waals surface area contributed by atoms with Crippen molar-refractivity contribution < 1.29 is 13.9 Å². The van der Waals surface area contributed by atoms with Crippen LogP contribution in [-0.4, -0.2) is 12.1 Å². The van der Waals surface area contributed by atoms with E-state index in [2.05, 4.69) is 33.1 Å². The summed E-state index contributed by atoms with van der Waals surface area (Å²) in [4.78, 5) is 11.9. The normalized spacial score (nSPS) is 10.7. The van der Waals surface area contributed by atoms with E-state index in [9.17, 15) is 9.18 Å². The van der Waals surface area contributed by atoms with Crippen molar-refractivity contribution >= 4 is 34.7 Å². The first-order valence-corrected chi connectivity index (χ1v) is 9.24. The van der Waals surface area contributed by atoms with Gasteiger partial charge in [0.05, 0.1) is 6.21 Å². The van der Waals surface area contributed by atoms with Crippen LogP contribution in [0, 0.1) is 9.39 Å². The summed E-state index contributed by atoms with van der Waals surface area (Å²) < 4.78 is 19.8. The van der Waals surface area contributed by atoms with Gasteiger partial charge in [0.1, 0.15) is 18.2 Å². The van der Waals surface area contributed by atoms with Crippen LogP contribution in [0.5, 0.6) is 5.75 Å². The van der Waals surface area contributed by atoms with Gasteiger partial charge in [-0.2, -0.15) is 5.10 Å². The van der Waals surface area contributed by atoms with Crippen LogP contribution in [0.4, 0.5) is 4.39 Å². The average molecular weight is 474 g/mol. The summed E-state index contributed by atoms with van der Waals surface area (Å²) in [5.41, 5.74) is 4.67. The van der Waals surface area contributed by atoms with E-state index >= 15 is 0 Å². The number of hydrogen-bond donors (Lipinski definition) is 1. The van der Waals surface area contributed by atoms with Crippen molar-refractivity contribution in [1.29, 1.82) is 0 Å². The largest absolute Gasteiger partial charge is 0.489 e. The number of hydrazone groups is 1. The van der Waals surface area contributed by atoms with E-state index in [4.69, 9.17) is 4.74 Å². The van der Waals surface area contributed by atoms with Crippen LogP contribution in [0.25, 0.3) is 0 Å². The third-order valence-corrected chi connectivity index (χ3v) is 4.40. The molecule has 0 saturated heterocycles. The number of carbonyl (C=O) groups excluding carboxylic acids is 1. The molecule has 4 nitrogen and oxygen atoms in total. The molecular weight excluding hydrogens is 458 g/mol. The Bertz CT molecular complexity index is 924. The van der Waals surface area contributed by atoms with Crippen LogP contribution in [-0.2, 0) is 6.61 Å². The van der Waals surface area contributed by atoms with Crippen molar-refractivity contribution in [3.8, 4) is 5.75 Å². The van der Waals surface area contributed by atoms with E-state index in [0.29, 0.717) is 12.2 Å². The molecule has 0 atom stereocenters. The molecule has 6 heteroatoms. The number of benzene rings is 3. The minimum absolute atomic E-state index is 0.341. The number of halogens is 2. The van der Waals surface area contributed by atoms with Crippen LogP contribution in [0.3, 0.4) is 0 Å². The maximum Gasteiger partial charge on any atom is 0.271 e. The van der Waals surface area contributed by atoms with E-state index in [0.717, 1.165) is 16.9 Å². The smallest absolute Gasteiger partial charge is 0.271 e. The highest BCUT2D eigenvalue weighted by Gasteiger charge is 2.03. The predicted molar refractivity (Wildman–Crippen MR) is 111 cm³/mol. The zero-order chi connectivity index (χ0) is 19.1. The molecule has 0 radical (unpaired) electrons. The molecule has 0 fully saturated rings. The standard InChI is InChI=1S/C21H16FIN2O2/c22-18-7-5-17(6-8-18)21(26)25-24-13-15-3-11-20(12-4-15)27-14-16-1-9-19(23)10-2-16/h1-13H,14H2,(H,25,26)/b24-13-. The molecule has 1 N–H and O–H groups in total. The molecule has 0 aliphatic rings. The highest BCUT2D eigenvalue weighted by Crippen LogP contribution is 2.14. The third kappa shape index (κ3) is 5.89. The molecule has 0 unspecified atom stereocenters. The number of ether oxygens (including phenoxy) is 1. The first-order chi connectivity index (χ1) is 13.1. The van der Waals surface area contributed by atoms with Gasteiger partial charge in [-0.25, -0.2) is 9.82 Å². The topological polar surface area (TPSA) is 50.7 Å². The van der Waals surface area contributed by atoms with Gasteiger partial charge in [-0.1, -0.05) is 12.1 Å². The minimum Gasteiger partial charge on any atom is -0.489 e. The lowest BCUT2D eigenvalue weighted by molar-refractivity contribution is 0.0955. The fourth-order valence-electron chi connectivity index (χ4n) is 2.23.